The van der Waals surface area contributed by atoms with Crippen molar-refractivity contribution in [1.29, 1.82) is 0 Å². The van der Waals surface area contributed by atoms with E-state index in [9.17, 15) is 13.2 Å². The highest BCUT2D eigenvalue weighted by atomic mass is 32.2. The molecule has 2 heterocycles. The van der Waals surface area contributed by atoms with E-state index in [0.29, 0.717) is 28.6 Å². The van der Waals surface area contributed by atoms with E-state index >= 15 is 0 Å². The number of benzene rings is 3. The molecule has 0 aliphatic heterocycles. The van der Waals surface area contributed by atoms with Crippen LogP contribution in [-0.4, -0.2) is 25.2 Å². The number of amides is 2. The number of hydrogen-bond acceptors (Lipinski definition) is 7. The Morgan fingerprint density at radius 1 is 0.949 bits per heavy atom. The highest BCUT2D eigenvalue weighted by molar-refractivity contribution is 7.91. The quantitative estimate of drug-likeness (QED) is 0.235. The molecule has 0 spiro atoms. The number of thiophene rings is 1. The summed E-state index contributed by atoms with van der Waals surface area (Å²) in [5.74, 6) is 0.446. The van der Waals surface area contributed by atoms with Gasteiger partial charge < -0.3 is 17.2 Å². The van der Waals surface area contributed by atoms with E-state index in [0.717, 1.165) is 37.9 Å². The maximum atomic E-state index is 12.4. The first-order valence-electron chi connectivity index (χ1n) is 12.2. The van der Waals surface area contributed by atoms with Crippen molar-refractivity contribution in [2.75, 3.05) is 16.4 Å². The topological polar surface area (TPSA) is 145 Å². The summed E-state index contributed by atoms with van der Waals surface area (Å²) >= 11 is 1.54. The van der Waals surface area contributed by atoms with Crippen LogP contribution in [0.25, 0.3) is 32.3 Å². The van der Waals surface area contributed by atoms with Gasteiger partial charge in [0.05, 0.1) is 22.0 Å². The molecule has 0 unspecified atom stereocenters. The molecule has 5 aromatic rings. The van der Waals surface area contributed by atoms with Gasteiger partial charge in [-0.1, -0.05) is 43.3 Å². The molecular formula is C29H27N5O3S2. The normalized spacial score (nSPS) is 11.5. The zero-order valence-electron chi connectivity index (χ0n) is 21.2. The minimum Gasteiger partial charge on any atom is -0.383 e. The van der Waals surface area contributed by atoms with Gasteiger partial charge in [0.1, 0.15) is 5.82 Å². The average molecular weight is 558 g/mol. The maximum Gasteiger partial charge on any atom is 0.323 e. The average Bonchev–Trinajstić information content (AvgIpc) is 3.40. The molecule has 5 rings (SSSR count). The number of rotatable bonds is 7. The largest absolute Gasteiger partial charge is 0.383 e. The van der Waals surface area contributed by atoms with Crippen molar-refractivity contribution < 1.29 is 13.2 Å². The third-order valence-electron chi connectivity index (χ3n) is 6.59. The lowest BCUT2D eigenvalue weighted by Crippen LogP contribution is -2.31. The lowest BCUT2D eigenvalue weighted by molar-refractivity contribution is 0.256. The number of primary amides is 1. The fourth-order valence-electron chi connectivity index (χ4n) is 4.51. The summed E-state index contributed by atoms with van der Waals surface area (Å²) < 4.78 is 25.4. The van der Waals surface area contributed by atoms with Crippen LogP contribution in [0, 0.1) is 0 Å². The number of fused-ring (bicyclic) bond motifs is 1. The first-order valence-corrected chi connectivity index (χ1v) is 14.7. The summed E-state index contributed by atoms with van der Waals surface area (Å²) in [4.78, 5) is 18.5. The zero-order valence-corrected chi connectivity index (χ0v) is 22.8. The number of carbonyl (C=O) groups is 1. The van der Waals surface area contributed by atoms with Gasteiger partial charge in [-0.3, -0.25) is 4.90 Å². The first kappa shape index (κ1) is 26.4. The molecule has 3 aromatic carbocycles. The van der Waals surface area contributed by atoms with Crippen LogP contribution in [0.3, 0.4) is 0 Å². The van der Waals surface area contributed by atoms with Crippen LogP contribution in [0.15, 0.2) is 89.3 Å². The minimum absolute atomic E-state index is 0.0460. The van der Waals surface area contributed by atoms with Crippen LogP contribution in [0.5, 0.6) is 0 Å². The van der Waals surface area contributed by atoms with Crippen LogP contribution in [-0.2, 0) is 16.4 Å². The van der Waals surface area contributed by atoms with Crippen LogP contribution < -0.4 is 22.1 Å². The smallest absolute Gasteiger partial charge is 0.323 e. The summed E-state index contributed by atoms with van der Waals surface area (Å²) in [5, 5.41) is 2.84. The molecule has 10 heteroatoms. The Morgan fingerprint density at radius 3 is 2.26 bits per heavy atom. The molecule has 0 bridgehead atoms. The molecule has 0 radical (unpaired) electrons. The van der Waals surface area contributed by atoms with Gasteiger partial charge in [0.25, 0.3) is 0 Å². The predicted octanol–water partition coefficient (Wildman–Crippen LogP) is 5.68. The Labute approximate surface area is 230 Å². The number of aromatic nitrogens is 1. The Balaban J connectivity index is 1.53. The van der Waals surface area contributed by atoms with Crippen molar-refractivity contribution in [3.8, 4) is 22.3 Å². The number of nitrogens with two attached hydrogens (primary N) is 3. The molecular weight excluding hydrogens is 530 g/mol. The highest BCUT2D eigenvalue weighted by Gasteiger charge is 2.19. The highest BCUT2D eigenvalue weighted by Crippen LogP contribution is 2.42. The van der Waals surface area contributed by atoms with Crippen molar-refractivity contribution in [3.63, 3.8) is 0 Å². The Hall–Kier alpha value is -4.25. The molecule has 198 valence electrons. The molecule has 0 aliphatic rings. The van der Waals surface area contributed by atoms with Gasteiger partial charge in [0, 0.05) is 34.0 Å². The van der Waals surface area contributed by atoms with Crippen molar-refractivity contribution >= 4 is 54.5 Å². The van der Waals surface area contributed by atoms with Gasteiger partial charge in [-0.15, -0.1) is 11.3 Å². The van der Waals surface area contributed by atoms with Gasteiger partial charge >= 0.3 is 6.03 Å². The Kier molecular flexibility index (Phi) is 7.09. The van der Waals surface area contributed by atoms with E-state index in [1.54, 1.807) is 48.7 Å². The van der Waals surface area contributed by atoms with E-state index in [1.807, 2.05) is 53.9 Å². The number of sulfone groups is 1. The third kappa shape index (κ3) is 4.97. The van der Waals surface area contributed by atoms with Crippen LogP contribution in [0.1, 0.15) is 12.5 Å². The summed E-state index contributed by atoms with van der Waals surface area (Å²) in [6, 6.07) is 21.1. The number of pyridine rings is 1. The SMILES string of the molecule is CCS(=O)(=O)c1ccc(-c2cnc(N)c3c(-c4ccc(N(C(N)=O)c5cccc(CN)c5)cc4)csc23)cc1. The van der Waals surface area contributed by atoms with E-state index in [2.05, 4.69) is 4.98 Å². The Bertz CT molecular complexity index is 1780. The Morgan fingerprint density at radius 2 is 1.62 bits per heavy atom. The van der Waals surface area contributed by atoms with E-state index in [-0.39, 0.29) is 5.75 Å². The van der Waals surface area contributed by atoms with Gasteiger partial charge in [-0.05, 0) is 58.5 Å². The van der Waals surface area contributed by atoms with E-state index in [4.69, 9.17) is 17.2 Å². The van der Waals surface area contributed by atoms with Gasteiger partial charge in [-0.25, -0.2) is 18.2 Å². The van der Waals surface area contributed by atoms with Crippen LogP contribution in [0.4, 0.5) is 22.0 Å². The number of nitrogen functional groups attached to an aromatic ring is 1. The lowest BCUT2D eigenvalue weighted by atomic mass is 10.0. The van der Waals surface area contributed by atoms with Crippen molar-refractivity contribution in [3.05, 3.63) is 89.9 Å². The monoisotopic (exact) mass is 557 g/mol. The van der Waals surface area contributed by atoms with Crippen molar-refractivity contribution in [1.82, 2.24) is 4.98 Å². The summed E-state index contributed by atoms with van der Waals surface area (Å²) in [5.41, 5.74) is 23.5. The van der Waals surface area contributed by atoms with Crippen LogP contribution >= 0.6 is 11.3 Å². The fourth-order valence-corrected chi connectivity index (χ4v) is 6.51. The standard InChI is InChI=1S/C29H27N5O3S2/c1-2-39(36,37)23-12-8-19(9-13-23)24-16-33-28(31)26-25(17-38-27(24)26)20-6-10-21(11-7-20)34(29(32)35)22-5-3-4-18(14-22)15-30/h3-14,16-17H,2,15,30H2,1H3,(H2,31,33)(H2,32,35). The lowest BCUT2D eigenvalue weighted by Gasteiger charge is -2.21. The van der Waals surface area contributed by atoms with Crippen molar-refractivity contribution in [2.24, 2.45) is 11.5 Å². The first-order chi connectivity index (χ1) is 18.7. The van der Waals surface area contributed by atoms with E-state index < -0.39 is 15.9 Å². The molecule has 6 N–H and O–H groups in total. The number of urea groups is 1. The summed E-state index contributed by atoms with van der Waals surface area (Å²) in [7, 11) is -3.29. The second-order valence-electron chi connectivity index (χ2n) is 8.93. The van der Waals surface area contributed by atoms with Gasteiger partial charge in [0.15, 0.2) is 9.84 Å². The summed E-state index contributed by atoms with van der Waals surface area (Å²) in [6.45, 7) is 1.98. The predicted molar refractivity (Wildman–Crippen MR) is 159 cm³/mol. The zero-order chi connectivity index (χ0) is 27.7. The molecule has 39 heavy (non-hydrogen) atoms. The second kappa shape index (κ2) is 10.5. The number of anilines is 3. The molecule has 2 aromatic heterocycles. The number of nitrogens with zero attached hydrogens (tertiary/aromatic N) is 2. The summed E-state index contributed by atoms with van der Waals surface area (Å²) in [6.07, 6.45) is 1.71. The van der Waals surface area contributed by atoms with E-state index in [1.165, 1.54) is 4.90 Å². The number of hydrogen-bond donors (Lipinski definition) is 3. The van der Waals surface area contributed by atoms with Gasteiger partial charge in [0.2, 0.25) is 0 Å². The number of carbonyl (C=O) groups excluding carboxylic acids is 1. The molecule has 0 atom stereocenters. The molecule has 0 saturated carbocycles. The third-order valence-corrected chi connectivity index (χ3v) is 9.35. The minimum atomic E-state index is -3.29. The molecule has 8 nitrogen and oxygen atoms in total. The maximum absolute atomic E-state index is 12.4. The second-order valence-corrected chi connectivity index (χ2v) is 12.1. The molecule has 0 saturated heterocycles. The van der Waals surface area contributed by atoms with Crippen molar-refractivity contribution in [2.45, 2.75) is 18.4 Å². The molecule has 0 fully saturated rings. The molecule has 0 aliphatic carbocycles. The fraction of sp³-hybridized carbons (Fsp3) is 0.103. The van der Waals surface area contributed by atoms with Gasteiger partial charge in [-0.2, -0.15) is 0 Å². The molecule has 2 amide bonds. The van der Waals surface area contributed by atoms with Crippen LogP contribution in [0.2, 0.25) is 0 Å².